The van der Waals surface area contributed by atoms with Crippen molar-refractivity contribution in [2.75, 3.05) is 18.8 Å². The molecule has 0 bridgehead atoms. The van der Waals surface area contributed by atoms with Gasteiger partial charge in [0.15, 0.2) is 0 Å². The van der Waals surface area contributed by atoms with Crippen LogP contribution in [-0.2, 0) is 4.79 Å². The highest BCUT2D eigenvalue weighted by Crippen LogP contribution is 2.19. The fourth-order valence-corrected chi connectivity index (χ4v) is 3.54. The normalized spacial score (nSPS) is 20.3. The second-order valence-corrected chi connectivity index (χ2v) is 6.65. The minimum atomic E-state index is -0.871. The van der Waals surface area contributed by atoms with Crippen molar-refractivity contribution in [2.24, 2.45) is 5.10 Å². The molecule has 0 saturated carbocycles. The smallest absolute Gasteiger partial charge is 0.322 e. The van der Waals surface area contributed by atoms with Gasteiger partial charge in [-0.05, 0) is 22.9 Å². The number of hydrazone groups is 1. The molecule has 1 atom stereocenters. The molecule has 1 aromatic heterocycles. The van der Waals surface area contributed by atoms with Crippen LogP contribution in [0.2, 0.25) is 0 Å². The van der Waals surface area contributed by atoms with Gasteiger partial charge in [0.2, 0.25) is 6.29 Å². The molecular formula is C14H13N4O3S2. The molecule has 1 unspecified atom stereocenters. The molecule has 7 nitrogen and oxygen atoms in total. The van der Waals surface area contributed by atoms with E-state index in [0.717, 1.165) is 16.4 Å². The Labute approximate surface area is 141 Å². The number of hydrogen-bond acceptors (Lipinski definition) is 6. The molecule has 0 aliphatic carbocycles. The average Bonchev–Trinajstić information content (AvgIpc) is 3.28. The van der Waals surface area contributed by atoms with Crippen molar-refractivity contribution in [2.45, 2.75) is 6.04 Å². The lowest BCUT2D eigenvalue weighted by atomic mass is 10.3. The van der Waals surface area contributed by atoms with Crippen LogP contribution >= 0.6 is 23.1 Å². The number of carbonyl (C=O) groups is 2. The van der Waals surface area contributed by atoms with Crippen LogP contribution in [0.25, 0.3) is 0 Å². The predicted octanol–water partition coefficient (Wildman–Crippen LogP) is 1.96. The minimum absolute atomic E-state index is 0.230. The molecule has 23 heavy (non-hydrogen) atoms. The molecule has 1 saturated heterocycles. The molecule has 3 rings (SSSR count). The van der Waals surface area contributed by atoms with Gasteiger partial charge in [0.05, 0.1) is 18.8 Å². The number of rotatable bonds is 4. The summed E-state index contributed by atoms with van der Waals surface area (Å²) < 4.78 is 0. The van der Waals surface area contributed by atoms with E-state index >= 15 is 0 Å². The highest BCUT2D eigenvalue weighted by Gasteiger charge is 2.34. The summed E-state index contributed by atoms with van der Waals surface area (Å²) in [7, 11) is 0. The molecule has 0 spiro atoms. The van der Waals surface area contributed by atoms with Crippen LogP contribution in [0.5, 0.6) is 0 Å². The van der Waals surface area contributed by atoms with Gasteiger partial charge in [-0.3, -0.25) is 4.79 Å². The molecule has 0 aromatic carbocycles. The highest BCUT2D eigenvalue weighted by atomic mass is 32.2. The molecule has 9 heteroatoms. The summed E-state index contributed by atoms with van der Waals surface area (Å²) in [4.78, 5) is 37.2. The van der Waals surface area contributed by atoms with Gasteiger partial charge in [-0.15, -0.1) is 23.1 Å². The fourth-order valence-electron chi connectivity index (χ4n) is 2.15. The zero-order valence-corrected chi connectivity index (χ0v) is 13.6. The number of thiophene rings is 1. The van der Waals surface area contributed by atoms with Gasteiger partial charge in [0, 0.05) is 10.6 Å². The first-order valence-corrected chi connectivity index (χ1v) is 8.78. The Balaban J connectivity index is 1.64. The standard InChI is InChI=1S/C14H13N4O3S2/c19-8-11(12-2-1-6-23-12)15-13(20)17-4-5-18(14(17)21)16-10-3-7-22-9-10/h1-3,6-7,11H,4-5,9H2,(H,15,20). The van der Waals surface area contributed by atoms with Crippen molar-refractivity contribution >= 4 is 47.2 Å². The van der Waals surface area contributed by atoms with Gasteiger partial charge in [-0.25, -0.2) is 19.5 Å². The van der Waals surface area contributed by atoms with Crippen molar-refractivity contribution < 1.29 is 14.4 Å². The summed E-state index contributed by atoms with van der Waals surface area (Å²) in [5, 5.41) is 11.7. The lowest BCUT2D eigenvalue weighted by Crippen LogP contribution is -2.43. The first-order valence-electron chi connectivity index (χ1n) is 6.85. The molecule has 4 amide bonds. The van der Waals surface area contributed by atoms with Crippen LogP contribution in [0.1, 0.15) is 10.9 Å². The van der Waals surface area contributed by atoms with Crippen LogP contribution in [0, 0.1) is 0 Å². The number of amides is 4. The predicted molar refractivity (Wildman–Crippen MR) is 89.1 cm³/mol. The number of hydrogen-bond donors (Lipinski definition) is 1. The summed E-state index contributed by atoms with van der Waals surface area (Å²) in [6.07, 6.45) is 3.62. The van der Waals surface area contributed by atoms with Gasteiger partial charge in [-0.1, -0.05) is 6.07 Å². The molecule has 1 aromatic rings. The number of urea groups is 2. The molecule has 1 fully saturated rings. The summed E-state index contributed by atoms with van der Waals surface area (Å²) in [6.45, 7) is 0.567. The van der Waals surface area contributed by atoms with Gasteiger partial charge in [0.25, 0.3) is 0 Å². The Morgan fingerprint density at radius 2 is 2.30 bits per heavy atom. The molecule has 2 aliphatic rings. The number of imide groups is 1. The summed E-state index contributed by atoms with van der Waals surface area (Å²) >= 11 is 2.94. The zero-order valence-electron chi connectivity index (χ0n) is 12.0. The molecular weight excluding hydrogens is 336 g/mol. The largest absolute Gasteiger partial charge is 0.348 e. The lowest BCUT2D eigenvalue weighted by Gasteiger charge is -2.17. The van der Waals surface area contributed by atoms with E-state index in [-0.39, 0.29) is 6.54 Å². The molecule has 1 N–H and O–H groups in total. The van der Waals surface area contributed by atoms with Crippen LogP contribution in [-0.4, -0.2) is 52.8 Å². The second kappa shape index (κ2) is 6.97. The first-order chi connectivity index (χ1) is 11.2. The van der Waals surface area contributed by atoms with Gasteiger partial charge >= 0.3 is 12.1 Å². The summed E-state index contributed by atoms with van der Waals surface area (Å²) in [5.74, 6) is 0.719. The maximum Gasteiger partial charge on any atom is 0.348 e. The SMILES string of the molecule is O=[C]C(NC(=O)N1CCN(N=C2C=CSC2)C1=O)c1cccs1. The highest BCUT2D eigenvalue weighted by molar-refractivity contribution is 8.03. The minimum Gasteiger partial charge on any atom is -0.322 e. The van der Waals surface area contributed by atoms with Gasteiger partial charge < -0.3 is 5.32 Å². The number of nitrogens with one attached hydrogen (secondary N) is 1. The van der Waals surface area contributed by atoms with E-state index in [1.807, 2.05) is 11.5 Å². The van der Waals surface area contributed by atoms with Crippen molar-refractivity contribution in [1.82, 2.24) is 15.2 Å². The van der Waals surface area contributed by atoms with Crippen molar-refractivity contribution in [3.05, 3.63) is 33.9 Å². The first kappa shape index (κ1) is 15.8. The quantitative estimate of drug-likeness (QED) is 0.901. The molecule has 119 valence electrons. The summed E-state index contributed by atoms with van der Waals surface area (Å²) in [6, 6.07) is 1.54. The van der Waals surface area contributed by atoms with Crippen LogP contribution < -0.4 is 5.32 Å². The van der Waals surface area contributed by atoms with E-state index in [0.29, 0.717) is 11.4 Å². The Kier molecular flexibility index (Phi) is 4.77. The van der Waals surface area contributed by atoms with E-state index in [1.165, 1.54) is 16.3 Å². The maximum atomic E-state index is 12.2. The second-order valence-electron chi connectivity index (χ2n) is 4.78. The number of allylic oxidation sites excluding steroid dienone is 1. The zero-order chi connectivity index (χ0) is 16.2. The van der Waals surface area contributed by atoms with Crippen molar-refractivity contribution in [3.63, 3.8) is 0 Å². The topological polar surface area (TPSA) is 82.1 Å². The van der Waals surface area contributed by atoms with E-state index < -0.39 is 18.1 Å². The van der Waals surface area contributed by atoms with E-state index in [9.17, 15) is 14.4 Å². The molecule has 2 aliphatic heterocycles. The van der Waals surface area contributed by atoms with Crippen LogP contribution in [0.15, 0.2) is 34.1 Å². The third kappa shape index (κ3) is 3.45. The number of thioether (sulfide) groups is 1. The maximum absolute atomic E-state index is 12.2. The van der Waals surface area contributed by atoms with Crippen LogP contribution in [0.4, 0.5) is 9.59 Å². The molecule has 3 heterocycles. The van der Waals surface area contributed by atoms with Crippen molar-refractivity contribution in [1.29, 1.82) is 0 Å². The molecule has 1 radical (unpaired) electrons. The fraction of sp³-hybridized carbons (Fsp3) is 0.286. The van der Waals surface area contributed by atoms with E-state index in [4.69, 9.17) is 0 Å². The van der Waals surface area contributed by atoms with Crippen molar-refractivity contribution in [3.8, 4) is 0 Å². The Bertz CT molecular complexity index is 672. The number of nitrogens with zero attached hydrogens (tertiary/aromatic N) is 3. The lowest BCUT2D eigenvalue weighted by molar-refractivity contribution is 0.185. The Morgan fingerprint density at radius 1 is 1.43 bits per heavy atom. The average molecular weight is 349 g/mol. The Morgan fingerprint density at radius 3 is 2.96 bits per heavy atom. The summed E-state index contributed by atoms with van der Waals surface area (Å²) in [5.41, 5.74) is 0.795. The van der Waals surface area contributed by atoms with Gasteiger partial charge in [0.1, 0.15) is 6.04 Å². The third-order valence-corrected chi connectivity index (χ3v) is 5.01. The number of carbonyl (C=O) groups excluding carboxylic acids is 3. The van der Waals surface area contributed by atoms with Gasteiger partial charge in [-0.2, -0.15) is 5.10 Å². The van der Waals surface area contributed by atoms with Crippen LogP contribution in [0.3, 0.4) is 0 Å². The monoisotopic (exact) mass is 349 g/mol. The Hall–Kier alpha value is -2.13. The van der Waals surface area contributed by atoms with E-state index in [1.54, 1.807) is 35.6 Å². The van der Waals surface area contributed by atoms with E-state index in [2.05, 4.69) is 10.4 Å². The third-order valence-electron chi connectivity index (χ3n) is 3.28.